The first-order chi connectivity index (χ1) is 7.72. The van der Waals surface area contributed by atoms with Crippen LogP contribution in [0, 0.1) is 0 Å². The van der Waals surface area contributed by atoms with E-state index in [4.69, 9.17) is 4.74 Å². The van der Waals surface area contributed by atoms with E-state index in [1.165, 1.54) is 20.0 Å². The molecule has 0 aromatic carbocycles. The zero-order valence-corrected chi connectivity index (χ0v) is 11.5. The minimum Gasteiger partial charge on any atom is -0.468 e. The lowest BCUT2D eigenvalue weighted by Crippen LogP contribution is -2.32. The fourth-order valence-corrected chi connectivity index (χ4v) is 3.59. The number of hydrogen-bond donors (Lipinski definition) is 0. The van der Waals surface area contributed by atoms with Crippen LogP contribution in [0.15, 0.2) is 15.9 Å². The van der Waals surface area contributed by atoms with Crippen LogP contribution in [0.3, 0.4) is 0 Å². The molecule has 0 amide bonds. The molecule has 0 saturated carbocycles. The summed E-state index contributed by atoms with van der Waals surface area (Å²) >= 11 is 5.02. The first kappa shape index (κ1) is 12.1. The standard InChI is InChI=1S/C11H14BrNO2S/c1-15-11(14)10(13-4-2-3-5-13)9-6-8(12)7-16-9/h6-7,10H,2-5H2,1H3. The number of hydrogen-bond acceptors (Lipinski definition) is 4. The van der Waals surface area contributed by atoms with Crippen LogP contribution in [0.4, 0.5) is 0 Å². The molecule has 1 aromatic heterocycles. The number of halogens is 1. The van der Waals surface area contributed by atoms with Crippen LogP contribution in [0.2, 0.25) is 0 Å². The number of thiophene rings is 1. The van der Waals surface area contributed by atoms with Gasteiger partial charge in [0.2, 0.25) is 0 Å². The van der Waals surface area contributed by atoms with Gasteiger partial charge in [0.15, 0.2) is 0 Å². The second-order valence-corrected chi connectivity index (χ2v) is 5.69. The third kappa shape index (κ3) is 2.47. The van der Waals surface area contributed by atoms with E-state index in [1.54, 1.807) is 11.3 Å². The molecule has 16 heavy (non-hydrogen) atoms. The number of ether oxygens (including phenoxy) is 1. The van der Waals surface area contributed by atoms with Crippen molar-refractivity contribution in [1.82, 2.24) is 4.90 Å². The Kier molecular flexibility index (Phi) is 4.00. The Labute approximate surface area is 108 Å². The Morgan fingerprint density at radius 2 is 2.25 bits per heavy atom. The van der Waals surface area contributed by atoms with Crippen molar-refractivity contribution in [3.63, 3.8) is 0 Å². The molecule has 0 radical (unpaired) electrons. The lowest BCUT2D eigenvalue weighted by molar-refractivity contribution is -0.146. The van der Waals surface area contributed by atoms with Gasteiger partial charge in [0, 0.05) is 14.7 Å². The highest BCUT2D eigenvalue weighted by atomic mass is 79.9. The minimum absolute atomic E-state index is 0.156. The van der Waals surface area contributed by atoms with Crippen molar-refractivity contribution in [1.29, 1.82) is 0 Å². The molecule has 0 spiro atoms. The molecule has 88 valence electrons. The van der Waals surface area contributed by atoms with Gasteiger partial charge in [-0.2, -0.15) is 0 Å². The van der Waals surface area contributed by atoms with E-state index in [0.717, 1.165) is 22.4 Å². The zero-order chi connectivity index (χ0) is 11.5. The largest absolute Gasteiger partial charge is 0.468 e. The van der Waals surface area contributed by atoms with Gasteiger partial charge < -0.3 is 4.74 Å². The molecule has 1 fully saturated rings. The molecule has 2 rings (SSSR count). The van der Waals surface area contributed by atoms with E-state index in [2.05, 4.69) is 20.8 Å². The van der Waals surface area contributed by atoms with Gasteiger partial charge in [0.05, 0.1) is 7.11 Å². The Balaban J connectivity index is 2.23. The lowest BCUT2D eigenvalue weighted by atomic mass is 10.2. The fraction of sp³-hybridized carbons (Fsp3) is 0.545. The van der Waals surface area contributed by atoms with Gasteiger partial charge in [-0.25, -0.2) is 4.79 Å². The number of carbonyl (C=O) groups excluding carboxylic acids is 1. The van der Waals surface area contributed by atoms with E-state index in [0.29, 0.717) is 0 Å². The summed E-state index contributed by atoms with van der Waals surface area (Å²) in [6.07, 6.45) is 2.33. The van der Waals surface area contributed by atoms with Crippen LogP contribution in [0.1, 0.15) is 23.8 Å². The third-order valence-electron chi connectivity index (χ3n) is 2.79. The Morgan fingerprint density at radius 3 is 2.75 bits per heavy atom. The van der Waals surface area contributed by atoms with Crippen molar-refractivity contribution in [2.45, 2.75) is 18.9 Å². The number of carbonyl (C=O) groups is 1. The third-order valence-corrected chi connectivity index (χ3v) is 4.53. The number of esters is 1. The highest BCUT2D eigenvalue weighted by Gasteiger charge is 2.31. The molecule has 1 aliphatic heterocycles. The van der Waals surface area contributed by atoms with Gasteiger partial charge >= 0.3 is 5.97 Å². The summed E-state index contributed by atoms with van der Waals surface area (Å²) in [5.41, 5.74) is 0. The van der Waals surface area contributed by atoms with Crippen LogP contribution in [0.25, 0.3) is 0 Å². The van der Waals surface area contributed by atoms with Crippen molar-refractivity contribution < 1.29 is 9.53 Å². The van der Waals surface area contributed by atoms with Crippen LogP contribution in [-0.4, -0.2) is 31.1 Å². The summed E-state index contributed by atoms with van der Waals surface area (Å²) in [7, 11) is 1.45. The zero-order valence-electron chi connectivity index (χ0n) is 9.11. The van der Waals surface area contributed by atoms with Gasteiger partial charge in [0.25, 0.3) is 0 Å². The molecule has 0 bridgehead atoms. The summed E-state index contributed by atoms with van der Waals surface area (Å²) < 4.78 is 5.93. The maximum absolute atomic E-state index is 11.8. The SMILES string of the molecule is COC(=O)C(c1cc(Br)cs1)N1CCCC1. The Bertz CT molecular complexity index is 374. The van der Waals surface area contributed by atoms with Crippen LogP contribution < -0.4 is 0 Å². The molecule has 1 atom stereocenters. The summed E-state index contributed by atoms with van der Waals surface area (Å²) in [6, 6.07) is 1.79. The highest BCUT2D eigenvalue weighted by Crippen LogP contribution is 2.32. The second-order valence-electron chi connectivity index (χ2n) is 3.84. The smallest absolute Gasteiger partial charge is 0.328 e. The molecule has 3 nitrogen and oxygen atoms in total. The quantitative estimate of drug-likeness (QED) is 0.804. The molecule has 0 aliphatic carbocycles. The highest BCUT2D eigenvalue weighted by molar-refractivity contribution is 9.10. The predicted molar refractivity (Wildman–Crippen MR) is 67.6 cm³/mol. The molecule has 1 aromatic rings. The van der Waals surface area contributed by atoms with Crippen molar-refractivity contribution in [2.75, 3.05) is 20.2 Å². The predicted octanol–water partition coefficient (Wildman–Crippen LogP) is 2.82. The molecule has 0 N–H and O–H groups in total. The maximum Gasteiger partial charge on any atom is 0.328 e. The van der Waals surface area contributed by atoms with Crippen molar-refractivity contribution in [2.24, 2.45) is 0 Å². The second kappa shape index (κ2) is 5.29. The summed E-state index contributed by atoms with van der Waals surface area (Å²) in [4.78, 5) is 15.1. The van der Waals surface area contributed by atoms with Crippen LogP contribution >= 0.6 is 27.3 Å². The Hall–Kier alpha value is -0.390. The maximum atomic E-state index is 11.8. The molecule has 2 heterocycles. The molecule has 1 aliphatic rings. The number of nitrogens with zero attached hydrogens (tertiary/aromatic N) is 1. The molecular weight excluding hydrogens is 290 g/mol. The normalized spacial score (nSPS) is 18.6. The fourth-order valence-electron chi connectivity index (χ4n) is 2.03. The number of methoxy groups -OCH3 is 1. The minimum atomic E-state index is -0.219. The molecule has 5 heteroatoms. The lowest BCUT2D eigenvalue weighted by Gasteiger charge is -2.23. The number of rotatable bonds is 3. The van der Waals surface area contributed by atoms with Crippen molar-refractivity contribution in [3.8, 4) is 0 Å². The van der Waals surface area contributed by atoms with Gasteiger partial charge in [-0.15, -0.1) is 11.3 Å². The molecule has 1 saturated heterocycles. The topological polar surface area (TPSA) is 29.5 Å². The van der Waals surface area contributed by atoms with Gasteiger partial charge in [0.1, 0.15) is 6.04 Å². The molecule has 1 unspecified atom stereocenters. The van der Waals surface area contributed by atoms with E-state index in [-0.39, 0.29) is 12.0 Å². The van der Waals surface area contributed by atoms with Crippen molar-refractivity contribution >= 4 is 33.2 Å². The van der Waals surface area contributed by atoms with Crippen LogP contribution in [-0.2, 0) is 9.53 Å². The van der Waals surface area contributed by atoms with E-state index in [1.807, 2.05) is 11.4 Å². The number of likely N-dealkylation sites (tertiary alicyclic amines) is 1. The average molecular weight is 304 g/mol. The van der Waals surface area contributed by atoms with Gasteiger partial charge in [-0.3, -0.25) is 4.90 Å². The van der Waals surface area contributed by atoms with E-state index < -0.39 is 0 Å². The Morgan fingerprint density at radius 1 is 1.56 bits per heavy atom. The van der Waals surface area contributed by atoms with Gasteiger partial charge in [-0.1, -0.05) is 0 Å². The first-order valence-corrected chi connectivity index (χ1v) is 6.95. The van der Waals surface area contributed by atoms with E-state index in [9.17, 15) is 4.79 Å². The van der Waals surface area contributed by atoms with E-state index >= 15 is 0 Å². The van der Waals surface area contributed by atoms with Gasteiger partial charge in [-0.05, 0) is 47.9 Å². The summed E-state index contributed by atoms with van der Waals surface area (Å²) in [6.45, 7) is 1.96. The average Bonchev–Trinajstić information content (AvgIpc) is 2.91. The van der Waals surface area contributed by atoms with Crippen LogP contribution in [0.5, 0.6) is 0 Å². The summed E-state index contributed by atoms with van der Waals surface area (Å²) in [5, 5.41) is 2.00. The monoisotopic (exact) mass is 303 g/mol. The summed E-state index contributed by atoms with van der Waals surface area (Å²) in [5.74, 6) is -0.156. The first-order valence-electron chi connectivity index (χ1n) is 5.28. The molecular formula is C11H14BrNO2S. The van der Waals surface area contributed by atoms with Crippen molar-refractivity contribution in [3.05, 3.63) is 20.8 Å².